The number of hydrogen-bond acceptors (Lipinski definition) is 2. The van der Waals surface area contributed by atoms with E-state index < -0.39 is 0 Å². The molecule has 0 unspecified atom stereocenters. The molecule has 0 saturated heterocycles. The Balaban J connectivity index is 2.91. The number of rotatable bonds is 4. The third kappa shape index (κ3) is 2.46. The number of ether oxygens (including phenoxy) is 1. The second-order valence-corrected chi connectivity index (χ2v) is 2.88. The van der Waals surface area contributed by atoms with Crippen LogP contribution in [0.3, 0.4) is 0 Å². The molecule has 0 aliphatic carbocycles. The minimum Gasteiger partial charge on any atom is -0.494 e. The number of hydrogen-bond donors (Lipinski definition) is 1. The fourth-order valence-electron chi connectivity index (χ4n) is 1.34. The summed E-state index contributed by atoms with van der Waals surface area (Å²) in [6, 6.07) is 5.81. The molecule has 0 saturated carbocycles. The summed E-state index contributed by atoms with van der Waals surface area (Å²) in [5.74, 6) is 0.886. The zero-order valence-corrected chi connectivity index (χ0v) is 8.21. The van der Waals surface area contributed by atoms with Crippen LogP contribution in [0.25, 0.3) is 0 Å². The van der Waals surface area contributed by atoms with Crippen LogP contribution in [0.15, 0.2) is 18.2 Å². The zero-order valence-electron chi connectivity index (χ0n) is 8.21. The Labute approximate surface area is 79.2 Å². The number of aliphatic hydroxyl groups excluding tert-OH is 1. The molecule has 1 aromatic rings. The maximum absolute atomic E-state index is 9.03. The molecule has 0 amide bonds. The van der Waals surface area contributed by atoms with Crippen LogP contribution in [0, 0.1) is 0 Å². The van der Waals surface area contributed by atoms with E-state index in [2.05, 4.69) is 6.92 Å². The summed E-state index contributed by atoms with van der Waals surface area (Å²) >= 11 is 0. The average Bonchev–Trinajstić information content (AvgIpc) is 2.18. The molecule has 0 fully saturated rings. The van der Waals surface area contributed by atoms with E-state index in [1.165, 1.54) is 0 Å². The highest BCUT2D eigenvalue weighted by atomic mass is 16.5. The summed E-state index contributed by atoms with van der Waals surface area (Å²) in [5.41, 5.74) is 2.15. The van der Waals surface area contributed by atoms with Crippen LogP contribution in [0.2, 0.25) is 0 Å². The molecule has 1 N–H and O–H groups in total. The quantitative estimate of drug-likeness (QED) is 0.769. The predicted octanol–water partition coefficient (Wildman–Crippen LogP) is 2.14. The Morgan fingerprint density at radius 3 is 2.54 bits per heavy atom. The standard InChI is InChI=1S/C11H16O2/c1-3-9-7-11(13-4-2)6-5-10(9)8-12/h5-7,12H,3-4,8H2,1-2H3. The molecular formula is C11H16O2. The predicted molar refractivity (Wildman–Crippen MR) is 52.9 cm³/mol. The van der Waals surface area contributed by atoms with Gasteiger partial charge in [-0.05, 0) is 36.6 Å². The van der Waals surface area contributed by atoms with Crippen molar-refractivity contribution in [3.8, 4) is 5.75 Å². The summed E-state index contributed by atoms with van der Waals surface area (Å²) < 4.78 is 5.37. The van der Waals surface area contributed by atoms with Gasteiger partial charge in [-0.25, -0.2) is 0 Å². The number of aryl methyl sites for hydroxylation is 1. The third-order valence-corrected chi connectivity index (χ3v) is 2.04. The Kier molecular flexibility index (Phi) is 3.77. The Morgan fingerprint density at radius 2 is 2.00 bits per heavy atom. The highest BCUT2D eigenvalue weighted by molar-refractivity contribution is 5.35. The first-order valence-corrected chi connectivity index (χ1v) is 4.67. The first kappa shape index (κ1) is 10.1. The SMILES string of the molecule is CCOc1ccc(CO)c(CC)c1. The van der Waals surface area contributed by atoms with E-state index in [-0.39, 0.29) is 6.61 Å². The molecule has 0 bridgehead atoms. The average molecular weight is 180 g/mol. The van der Waals surface area contributed by atoms with Gasteiger partial charge in [0, 0.05) is 0 Å². The van der Waals surface area contributed by atoms with Crippen molar-refractivity contribution in [3.05, 3.63) is 29.3 Å². The molecule has 0 aliphatic heterocycles. The molecule has 0 aromatic heterocycles. The number of aliphatic hydroxyl groups is 1. The van der Waals surface area contributed by atoms with Gasteiger partial charge in [0.15, 0.2) is 0 Å². The Bertz CT molecular complexity index is 269. The van der Waals surface area contributed by atoms with Crippen LogP contribution >= 0.6 is 0 Å². The summed E-state index contributed by atoms with van der Waals surface area (Å²) in [6.07, 6.45) is 0.927. The molecule has 0 aliphatic rings. The Hall–Kier alpha value is -1.02. The topological polar surface area (TPSA) is 29.5 Å². The van der Waals surface area contributed by atoms with Gasteiger partial charge in [-0.2, -0.15) is 0 Å². The van der Waals surface area contributed by atoms with E-state index in [1.54, 1.807) is 0 Å². The second kappa shape index (κ2) is 4.87. The molecule has 0 atom stereocenters. The van der Waals surface area contributed by atoms with Crippen molar-refractivity contribution in [2.24, 2.45) is 0 Å². The van der Waals surface area contributed by atoms with E-state index in [1.807, 2.05) is 25.1 Å². The second-order valence-electron chi connectivity index (χ2n) is 2.88. The van der Waals surface area contributed by atoms with E-state index in [9.17, 15) is 0 Å². The van der Waals surface area contributed by atoms with E-state index in [0.717, 1.165) is 23.3 Å². The normalized spacial score (nSPS) is 10.1. The summed E-state index contributed by atoms with van der Waals surface area (Å²) in [4.78, 5) is 0. The molecule has 1 aromatic carbocycles. The van der Waals surface area contributed by atoms with Gasteiger partial charge < -0.3 is 9.84 Å². The summed E-state index contributed by atoms with van der Waals surface area (Å²) in [7, 11) is 0. The number of benzene rings is 1. The first-order chi connectivity index (χ1) is 6.31. The van der Waals surface area contributed by atoms with Crippen molar-refractivity contribution in [2.75, 3.05) is 6.61 Å². The van der Waals surface area contributed by atoms with Crippen LogP contribution in [-0.4, -0.2) is 11.7 Å². The van der Waals surface area contributed by atoms with Crippen molar-refractivity contribution in [3.63, 3.8) is 0 Å². The van der Waals surface area contributed by atoms with Gasteiger partial charge in [0.25, 0.3) is 0 Å². The van der Waals surface area contributed by atoms with Gasteiger partial charge in [0.05, 0.1) is 13.2 Å². The molecule has 72 valence electrons. The first-order valence-electron chi connectivity index (χ1n) is 4.67. The van der Waals surface area contributed by atoms with Crippen molar-refractivity contribution >= 4 is 0 Å². The van der Waals surface area contributed by atoms with Gasteiger partial charge in [0.2, 0.25) is 0 Å². The zero-order chi connectivity index (χ0) is 9.68. The van der Waals surface area contributed by atoms with Crippen molar-refractivity contribution in [1.29, 1.82) is 0 Å². The maximum Gasteiger partial charge on any atom is 0.119 e. The van der Waals surface area contributed by atoms with Gasteiger partial charge >= 0.3 is 0 Å². The smallest absolute Gasteiger partial charge is 0.119 e. The molecule has 0 spiro atoms. The molecular weight excluding hydrogens is 164 g/mol. The van der Waals surface area contributed by atoms with Crippen molar-refractivity contribution in [1.82, 2.24) is 0 Å². The molecule has 2 heteroatoms. The van der Waals surface area contributed by atoms with Crippen LogP contribution in [-0.2, 0) is 13.0 Å². The molecule has 1 rings (SSSR count). The van der Waals surface area contributed by atoms with E-state index in [0.29, 0.717) is 6.61 Å². The van der Waals surface area contributed by atoms with Crippen LogP contribution in [0.5, 0.6) is 5.75 Å². The summed E-state index contributed by atoms with van der Waals surface area (Å²) in [5, 5.41) is 9.03. The minimum absolute atomic E-state index is 0.107. The Morgan fingerprint density at radius 1 is 1.23 bits per heavy atom. The molecule has 2 nitrogen and oxygen atoms in total. The van der Waals surface area contributed by atoms with Crippen molar-refractivity contribution < 1.29 is 9.84 Å². The largest absolute Gasteiger partial charge is 0.494 e. The van der Waals surface area contributed by atoms with E-state index in [4.69, 9.17) is 9.84 Å². The van der Waals surface area contributed by atoms with Gasteiger partial charge in [0.1, 0.15) is 5.75 Å². The maximum atomic E-state index is 9.03. The fourth-order valence-corrected chi connectivity index (χ4v) is 1.34. The van der Waals surface area contributed by atoms with Gasteiger partial charge in [-0.15, -0.1) is 0 Å². The lowest BCUT2D eigenvalue weighted by Crippen LogP contribution is -1.96. The fraction of sp³-hybridized carbons (Fsp3) is 0.455. The van der Waals surface area contributed by atoms with Crippen LogP contribution < -0.4 is 4.74 Å². The van der Waals surface area contributed by atoms with Crippen LogP contribution in [0.4, 0.5) is 0 Å². The highest BCUT2D eigenvalue weighted by Gasteiger charge is 2.01. The minimum atomic E-state index is 0.107. The lowest BCUT2D eigenvalue weighted by molar-refractivity contribution is 0.280. The molecule has 13 heavy (non-hydrogen) atoms. The summed E-state index contributed by atoms with van der Waals surface area (Å²) in [6.45, 7) is 4.83. The van der Waals surface area contributed by atoms with Crippen LogP contribution in [0.1, 0.15) is 25.0 Å². The van der Waals surface area contributed by atoms with Gasteiger partial charge in [-0.1, -0.05) is 13.0 Å². The lowest BCUT2D eigenvalue weighted by Gasteiger charge is -2.08. The van der Waals surface area contributed by atoms with Crippen molar-refractivity contribution in [2.45, 2.75) is 26.9 Å². The monoisotopic (exact) mass is 180 g/mol. The molecule has 0 radical (unpaired) electrons. The highest BCUT2D eigenvalue weighted by Crippen LogP contribution is 2.18. The molecule has 0 heterocycles. The lowest BCUT2D eigenvalue weighted by atomic mass is 10.1. The third-order valence-electron chi connectivity index (χ3n) is 2.04. The van der Waals surface area contributed by atoms with Gasteiger partial charge in [-0.3, -0.25) is 0 Å². The van der Waals surface area contributed by atoms with E-state index >= 15 is 0 Å².